The van der Waals surface area contributed by atoms with Crippen molar-refractivity contribution in [1.29, 1.82) is 0 Å². The summed E-state index contributed by atoms with van der Waals surface area (Å²) in [6, 6.07) is 0. The van der Waals surface area contributed by atoms with Crippen molar-refractivity contribution in [3.63, 3.8) is 0 Å². The Bertz CT molecular complexity index is 450. The molecule has 0 spiro atoms. The van der Waals surface area contributed by atoms with Crippen molar-refractivity contribution in [2.24, 2.45) is 0 Å². The lowest BCUT2D eigenvalue weighted by Gasteiger charge is -2.04. The largest absolute Gasteiger partial charge is 0.381 e. The van der Waals surface area contributed by atoms with Crippen LogP contribution in [-0.4, -0.2) is 15.1 Å². The zero-order valence-corrected chi connectivity index (χ0v) is 8.64. The van der Waals surface area contributed by atoms with E-state index in [-0.39, 0.29) is 5.92 Å². The number of nitrogens with zero attached hydrogens (tertiary/aromatic N) is 3. The number of anilines is 1. The summed E-state index contributed by atoms with van der Waals surface area (Å²) in [4.78, 5) is 7.86. The molecule has 0 aliphatic rings. The first-order valence-electron chi connectivity index (χ1n) is 4.70. The molecular weight excluding hydrogens is 192 g/mol. The first-order valence-corrected chi connectivity index (χ1v) is 4.70. The Balaban J connectivity index is 2.54. The van der Waals surface area contributed by atoms with Crippen LogP contribution in [0.4, 0.5) is 5.82 Å². The van der Waals surface area contributed by atoms with Gasteiger partial charge in [-0.3, -0.25) is 0 Å². The molecule has 0 aromatic carbocycles. The number of hydrogen-bond acceptors (Lipinski definition) is 5. The molecule has 0 saturated carbocycles. The Morgan fingerprint density at radius 1 is 1.27 bits per heavy atom. The highest BCUT2D eigenvalue weighted by molar-refractivity contribution is 5.65. The Hall–Kier alpha value is -1.91. The molecule has 0 saturated heterocycles. The molecule has 2 aromatic rings. The smallest absolute Gasteiger partial charge is 0.175 e. The Labute approximate surface area is 87.3 Å². The van der Waals surface area contributed by atoms with Crippen molar-refractivity contribution in [1.82, 2.24) is 15.1 Å². The maximum Gasteiger partial charge on any atom is 0.175 e. The lowest BCUT2D eigenvalue weighted by molar-refractivity contribution is 0.434. The van der Waals surface area contributed by atoms with E-state index in [9.17, 15) is 0 Å². The van der Waals surface area contributed by atoms with Gasteiger partial charge in [0.15, 0.2) is 11.6 Å². The minimum absolute atomic E-state index is 0.256. The normalized spacial score (nSPS) is 10.9. The summed E-state index contributed by atoms with van der Waals surface area (Å²) < 4.78 is 5.19. The van der Waals surface area contributed by atoms with Gasteiger partial charge in [-0.2, -0.15) is 0 Å². The zero-order chi connectivity index (χ0) is 10.8. The first kappa shape index (κ1) is 9.64. The van der Waals surface area contributed by atoms with E-state index < -0.39 is 0 Å². The van der Waals surface area contributed by atoms with Crippen molar-refractivity contribution in [2.45, 2.75) is 19.8 Å². The van der Waals surface area contributed by atoms with E-state index in [1.165, 1.54) is 6.33 Å². The maximum atomic E-state index is 5.73. The molecule has 78 valence electrons. The summed E-state index contributed by atoms with van der Waals surface area (Å²) in [7, 11) is 0. The summed E-state index contributed by atoms with van der Waals surface area (Å²) in [5, 5.41) is 3.76. The quantitative estimate of drug-likeness (QED) is 0.807. The topological polar surface area (TPSA) is 77.8 Å². The fourth-order valence-electron chi connectivity index (χ4n) is 1.49. The minimum Gasteiger partial charge on any atom is -0.381 e. The van der Waals surface area contributed by atoms with Crippen molar-refractivity contribution in [3.05, 3.63) is 24.3 Å². The minimum atomic E-state index is 0.256. The lowest BCUT2D eigenvalue weighted by atomic mass is 10.0. The molecule has 15 heavy (non-hydrogen) atoms. The van der Waals surface area contributed by atoms with Gasteiger partial charge in [0, 0.05) is 18.0 Å². The van der Waals surface area contributed by atoms with Crippen LogP contribution in [0.2, 0.25) is 0 Å². The molecule has 0 aliphatic heterocycles. The molecule has 2 heterocycles. The van der Waals surface area contributed by atoms with Crippen LogP contribution in [0, 0.1) is 0 Å². The molecule has 0 fully saturated rings. The number of rotatable bonds is 2. The van der Waals surface area contributed by atoms with Gasteiger partial charge in [-0.05, 0) is 5.92 Å². The predicted molar refractivity (Wildman–Crippen MR) is 56.0 cm³/mol. The van der Waals surface area contributed by atoms with Crippen LogP contribution < -0.4 is 5.73 Å². The van der Waals surface area contributed by atoms with E-state index >= 15 is 0 Å². The summed E-state index contributed by atoms with van der Waals surface area (Å²) in [6.45, 7) is 4.08. The molecule has 0 unspecified atom stereocenters. The fourth-order valence-corrected chi connectivity index (χ4v) is 1.49. The van der Waals surface area contributed by atoms with Crippen LogP contribution >= 0.6 is 0 Å². The third-order valence-corrected chi connectivity index (χ3v) is 2.16. The Morgan fingerprint density at radius 3 is 2.53 bits per heavy atom. The van der Waals surface area contributed by atoms with Gasteiger partial charge in [-0.15, -0.1) is 0 Å². The number of nitrogens with two attached hydrogens (primary N) is 1. The molecule has 5 heteroatoms. The maximum absolute atomic E-state index is 5.73. The van der Waals surface area contributed by atoms with E-state index in [0.717, 1.165) is 11.1 Å². The van der Waals surface area contributed by atoms with Crippen molar-refractivity contribution >= 4 is 5.82 Å². The molecule has 2 aromatic heterocycles. The van der Waals surface area contributed by atoms with Gasteiger partial charge in [-0.25, -0.2) is 9.97 Å². The van der Waals surface area contributed by atoms with Crippen LogP contribution in [0.15, 0.2) is 23.2 Å². The Morgan fingerprint density at radius 2 is 1.93 bits per heavy atom. The molecule has 2 rings (SSSR count). The lowest BCUT2D eigenvalue weighted by Crippen LogP contribution is -1.95. The highest BCUT2D eigenvalue weighted by Gasteiger charge is 2.18. The highest BCUT2D eigenvalue weighted by atomic mass is 16.5. The second kappa shape index (κ2) is 3.68. The summed E-state index contributed by atoms with van der Waals surface area (Å²) in [5.41, 5.74) is 7.44. The van der Waals surface area contributed by atoms with Gasteiger partial charge in [0.05, 0.1) is 5.56 Å². The van der Waals surface area contributed by atoms with Gasteiger partial charge in [-0.1, -0.05) is 19.0 Å². The second-order valence-electron chi connectivity index (χ2n) is 3.59. The molecule has 0 atom stereocenters. The average Bonchev–Trinajstić information content (AvgIpc) is 2.61. The van der Waals surface area contributed by atoms with Gasteiger partial charge < -0.3 is 10.3 Å². The van der Waals surface area contributed by atoms with E-state index in [1.54, 1.807) is 12.4 Å². The standard InChI is InChI=1S/C10H12N4O/c1-6(2)8-9(15-14-10(8)11)7-3-12-5-13-4-7/h3-6H,1-2H3,(H2,11,14). The van der Waals surface area contributed by atoms with Crippen molar-refractivity contribution in [3.8, 4) is 11.3 Å². The van der Waals surface area contributed by atoms with E-state index in [0.29, 0.717) is 11.6 Å². The van der Waals surface area contributed by atoms with Crippen molar-refractivity contribution in [2.75, 3.05) is 5.73 Å². The van der Waals surface area contributed by atoms with Gasteiger partial charge >= 0.3 is 0 Å². The van der Waals surface area contributed by atoms with Gasteiger partial charge in [0.1, 0.15) is 6.33 Å². The van der Waals surface area contributed by atoms with Gasteiger partial charge in [0.2, 0.25) is 0 Å². The SMILES string of the molecule is CC(C)c1c(N)noc1-c1cncnc1. The zero-order valence-electron chi connectivity index (χ0n) is 8.64. The highest BCUT2D eigenvalue weighted by Crippen LogP contribution is 2.32. The third kappa shape index (κ3) is 1.68. The average molecular weight is 204 g/mol. The fraction of sp³-hybridized carbons (Fsp3) is 0.300. The summed E-state index contributed by atoms with van der Waals surface area (Å²) >= 11 is 0. The number of hydrogen-bond donors (Lipinski definition) is 1. The molecule has 0 aliphatic carbocycles. The van der Waals surface area contributed by atoms with Crippen LogP contribution in [-0.2, 0) is 0 Å². The summed E-state index contributed by atoms with van der Waals surface area (Å²) in [5.74, 6) is 1.35. The third-order valence-electron chi connectivity index (χ3n) is 2.16. The second-order valence-corrected chi connectivity index (χ2v) is 3.59. The van der Waals surface area contributed by atoms with E-state index in [2.05, 4.69) is 15.1 Å². The van der Waals surface area contributed by atoms with E-state index in [1.807, 2.05) is 13.8 Å². The number of aromatic nitrogens is 3. The molecule has 2 N–H and O–H groups in total. The molecule has 0 radical (unpaired) electrons. The van der Waals surface area contributed by atoms with Crippen molar-refractivity contribution < 1.29 is 4.52 Å². The predicted octanol–water partition coefficient (Wildman–Crippen LogP) is 1.84. The molecule has 0 bridgehead atoms. The Kier molecular flexibility index (Phi) is 2.37. The number of nitrogen functional groups attached to an aromatic ring is 1. The van der Waals surface area contributed by atoms with Gasteiger partial charge in [0.25, 0.3) is 0 Å². The summed E-state index contributed by atoms with van der Waals surface area (Å²) in [6.07, 6.45) is 4.83. The van der Waals surface area contributed by atoms with Crippen LogP contribution in [0.3, 0.4) is 0 Å². The first-order chi connectivity index (χ1) is 7.20. The van der Waals surface area contributed by atoms with E-state index in [4.69, 9.17) is 10.3 Å². The van der Waals surface area contributed by atoms with Crippen LogP contribution in [0.5, 0.6) is 0 Å². The molecule has 0 amide bonds. The molecule has 5 nitrogen and oxygen atoms in total. The molecular formula is C10H12N4O. The monoisotopic (exact) mass is 204 g/mol. The van der Waals surface area contributed by atoms with Crippen LogP contribution in [0.1, 0.15) is 25.3 Å². The van der Waals surface area contributed by atoms with Crippen LogP contribution in [0.25, 0.3) is 11.3 Å².